The van der Waals surface area contributed by atoms with E-state index in [9.17, 15) is 15.8 Å². The molecule has 0 amide bonds. The Bertz CT molecular complexity index is 3990. The number of benzene rings is 9. The molecule has 1 aliphatic carbocycles. The molecule has 9 aromatic carbocycles. The number of rotatable bonds is 3. The Labute approximate surface area is 360 Å². The molecular weight excluding hydrogens is 769 g/mol. The summed E-state index contributed by atoms with van der Waals surface area (Å²) >= 11 is 0. The van der Waals surface area contributed by atoms with E-state index in [1.807, 2.05) is 36.4 Å². The first-order valence-electron chi connectivity index (χ1n) is 21.2. The molecule has 63 heavy (non-hydrogen) atoms. The molecule has 1 aliphatic rings. The van der Waals surface area contributed by atoms with Crippen LogP contribution < -0.4 is 0 Å². The van der Waals surface area contributed by atoms with Gasteiger partial charge < -0.3 is 13.7 Å². The maximum absolute atomic E-state index is 11.9. The van der Waals surface area contributed by atoms with Gasteiger partial charge in [-0.15, -0.1) is 0 Å². The quantitative estimate of drug-likeness (QED) is 0.178. The molecule has 0 saturated carbocycles. The number of nitriles is 3. The first-order valence-corrected chi connectivity index (χ1v) is 21.2. The SMILES string of the molecule is N#Cc1c(-n2c3c(c4c5ccccc5ccc42)C=CCC3)c(C#N)c(-n2c3ccccc3c3c4ccccc4ccc32)c(C#N)c1-n1c2ccccc2c2c3ccccc3ccc21. The molecule has 3 aromatic heterocycles. The van der Waals surface area contributed by atoms with Gasteiger partial charge in [0.2, 0.25) is 0 Å². The number of nitrogens with zero attached hydrogens (tertiary/aromatic N) is 6. The standard InChI is InChI=1S/C57H32N6/c58-31-43-55(61-46-22-10-7-19-40(46)52-37-16-4-1-13-34(37)25-28-49(52)61)44(32-59)57(63-48-24-12-9-21-42(48)54-39-18-6-3-15-36(39)27-30-51(54)63)45(33-60)56(43)62-47-23-11-8-20-41(47)53-38-17-5-2-14-35(38)26-29-50(53)62/h1-11,13-23,25-30H,12,24H2. The zero-order chi connectivity index (χ0) is 41.9. The Kier molecular flexibility index (Phi) is 7.24. The molecular formula is C57H32N6. The maximum Gasteiger partial charge on any atom is 0.104 e. The fourth-order valence-corrected chi connectivity index (χ4v) is 10.9. The number of allylic oxidation sites excluding steroid dienone is 1. The van der Waals surface area contributed by atoms with Crippen molar-refractivity contribution in [2.24, 2.45) is 0 Å². The maximum atomic E-state index is 11.9. The van der Waals surface area contributed by atoms with Gasteiger partial charge >= 0.3 is 0 Å². The van der Waals surface area contributed by atoms with Gasteiger partial charge in [-0.05, 0) is 75.5 Å². The minimum Gasteiger partial charge on any atom is -0.310 e. The molecule has 0 bridgehead atoms. The van der Waals surface area contributed by atoms with Gasteiger partial charge in [0.1, 0.15) is 34.9 Å². The van der Waals surface area contributed by atoms with Gasteiger partial charge in [-0.2, -0.15) is 15.8 Å². The highest BCUT2D eigenvalue weighted by Gasteiger charge is 2.34. The minimum atomic E-state index is 0.245. The third-order valence-electron chi connectivity index (χ3n) is 13.4. The van der Waals surface area contributed by atoms with Crippen molar-refractivity contribution in [2.45, 2.75) is 12.8 Å². The first-order chi connectivity index (χ1) is 31.2. The predicted octanol–water partition coefficient (Wildman–Crippen LogP) is 13.9. The van der Waals surface area contributed by atoms with E-state index in [0.29, 0.717) is 23.5 Å². The van der Waals surface area contributed by atoms with Gasteiger partial charge in [0.25, 0.3) is 0 Å². The summed E-state index contributed by atoms with van der Waals surface area (Å²) in [5.41, 5.74) is 8.60. The van der Waals surface area contributed by atoms with Crippen molar-refractivity contribution in [1.82, 2.24) is 13.7 Å². The van der Waals surface area contributed by atoms with E-state index < -0.39 is 0 Å². The average Bonchev–Trinajstić information content (AvgIpc) is 3.99. The highest BCUT2D eigenvalue weighted by atomic mass is 15.1. The molecule has 13 rings (SSSR count). The molecule has 0 fully saturated rings. The normalized spacial score (nSPS) is 12.5. The third kappa shape index (κ3) is 4.58. The lowest BCUT2D eigenvalue weighted by Crippen LogP contribution is -2.15. The van der Waals surface area contributed by atoms with E-state index in [2.05, 4.69) is 165 Å². The van der Waals surface area contributed by atoms with E-state index >= 15 is 0 Å². The van der Waals surface area contributed by atoms with Crippen molar-refractivity contribution >= 4 is 92.9 Å². The van der Waals surface area contributed by atoms with Crippen LogP contribution >= 0.6 is 0 Å². The van der Waals surface area contributed by atoms with Crippen LogP contribution in [0.2, 0.25) is 0 Å². The van der Waals surface area contributed by atoms with Crippen LogP contribution in [0, 0.1) is 34.0 Å². The lowest BCUT2D eigenvalue weighted by molar-refractivity contribution is 0.882. The number of fused-ring (bicyclic) bond motifs is 15. The van der Waals surface area contributed by atoms with Crippen molar-refractivity contribution in [3.05, 3.63) is 192 Å². The highest BCUT2D eigenvalue weighted by Crippen LogP contribution is 2.47. The van der Waals surface area contributed by atoms with Crippen molar-refractivity contribution in [3.8, 4) is 35.3 Å². The summed E-state index contributed by atoms with van der Waals surface area (Å²) in [6, 6.07) is 62.3. The number of para-hydroxylation sites is 2. The fraction of sp³-hybridized carbons (Fsp3) is 0.0351. The molecule has 0 saturated heterocycles. The Morgan fingerprint density at radius 2 is 0.746 bits per heavy atom. The van der Waals surface area contributed by atoms with E-state index in [4.69, 9.17) is 0 Å². The van der Waals surface area contributed by atoms with Gasteiger partial charge in [-0.1, -0.05) is 140 Å². The molecule has 0 unspecified atom stereocenters. The average molecular weight is 801 g/mol. The smallest absolute Gasteiger partial charge is 0.104 e. The number of hydrogen-bond acceptors (Lipinski definition) is 3. The zero-order valence-electron chi connectivity index (χ0n) is 33.8. The summed E-state index contributed by atoms with van der Waals surface area (Å²) in [5, 5.41) is 47.3. The second-order valence-electron chi connectivity index (χ2n) is 16.4. The van der Waals surface area contributed by atoms with Crippen molar-refractivity contribution in [3.63, 3.8) is 0 Å². The van der Waals surface area contributed by atoms with Crippen molar-refractivity contribution in [1.29, 1.82) is 15.8 Å². The summed E-state index contributed by atoms with van der Waals surface area (Å²) in [4.78, 5) is 0. The van der Waals surface area contributed by atoms with Crippen molar-refractivity contribution < 1.29 is 0 Å². The fourth-order valence-electron chi connectivity index (χ4n) is 10.9. The van der Waals surface area contributed by atoms with Crippen LogP contribution in [0.1, 0.15) is 34.4 Å². The monoisotopic (exact) mass is 800 g/mol. The van der Waals surface area contributed by atoms with Gasteiger partial charge in [-0.25, -0.2) is 0 Å². The van der Waals surface area contributed by atoms with Crippen molar-refractivity contribution in [2.75, 3.05) is 0 Å². The van der Waals surface area contributed by atoms with Gasteiger partial charge in [0.05, 0.1) is 44.6 Å². The molecule has 3 heterocycles. The highest BCUT2D eigenvalue weighted by molar-refractivity contribution is 6.23. The Balaban J connectivity index is 1.31. The predicted molar refractivity (Wildman–Crippen MR) is 256 cm³/mol. The Morgan fingerprint density at radius 3 is 1.21 bits per heavy atom. The van der Waals surface area contributed by atoms with Crippen LogP contribution in [0.15, 0.2) is 164 Å². The van der Waals surface area contributed by atoms with Gasteiger partial charge in [0, 0.05) is 38.2 Å². The molecule has 0 radical (unpaired) electrons. The van der Waals surface area contributed by atoms with Crippen LogP contribution in [-0.4, -0.2) is 13.7 Å². The van der Waals surface area contributed by atoms with E-state index in [0.717, 1.165) is 105 Å². The van der Waals surface area contributed by atoms with Crippen LogP contribution in [0.4, 0.5) is 0 Å². The summed E-state index contributed by atoms with van der Waals surface area (Å²) in [5.74, 6) is 0. The lowest BCUT2D eigenvalue weighted by atomic mass is 9.95. The Hall–Kier alpha value is -8.89. The van der Waals surface area contributed by atoms with E-state index in [1.54, 1.807) is 0 Å². The minimum absolute atomic E-state index is 0.245. The van der Waals surface area contributed by atoms with E-state index in [1.165, 1.54) is 0 Å². The third-order valence-corrected chi connectivity index (χ3v) is 13.4. The van der Waals surface area contributed by atoms with Crippen LogP contribution in [0.3, 0.4) is 0 Å². The Morgan fingerprint density at radius 1 is 0.365 bits per heavy atom. The molecule has 0 spiro atoms. The molecule has 290 valence electrons. The van der Waals surface area contributed by atoms with Gasteiger partial charge in [-0.3, -0.25) is 0 Å². The summed E-state index contributed by atoms with van der Waals surface area (Å²) in [6.45, 7) is 0. The molecule has 0 atom stereocenters. The first kappa shape index (κ1) is 34.9. The number of hydrogen-bond donors (Lipinski definition) is 0. The van der Waals surface area contributed by atoms with Crippen LogP contribution in [-0.2, 0) is 6.42 Å². The molecule has 6 nitrogen and oxygen atoms in total. The second-order valence-corrected chi connectivity index (χ2v) is 16.4. The molecule has 6 heteroatoms. The molecule has 12 aromatic rings. The molecule has 0 aliphatic heterocycles. The largest absolute Gasteiger partial charge is 0.310 e. The zero-order valence-corrected chi connectivity index (χ0v) is 33.8. The summed E-state index contributed by atoms with van der Waals surface area (Å²) in [7, 11) is 0. The van der Waals surface area contributed by atoms with Gasteiger partial charge in [0.15, 0.2) is 0 Å². The lowest BCUT2D eigenvalue weighted by Gasteiger charge is -2.24. The topological polar surface area (TPSA) is 86.2 Å². The van der Waals surface area contributed by atoms with Crippen LogP contribution in [0.5, 0.6) is 0 Å². The summed E-state index contributed by atoms with van der Waals surface area (Å²) < 4.78 is 6.40. The van der Waals surface area contributed by atoms with E-state index in [-0.39, 0.29) is 16.7 Å². The number of aromatic nitrogens is 3. The second kappa shape index (κ2) is 13.1. The van der Waals surface area contributed by atoms with Crippen LogP contribution in [0.25, 0.3) is 110 Å². The summed E-state index contributed by atoms with van der Waals surface area (Å²) in [6.07, 6.45) is 5.92. The molecule has 0 N–H and O–H groups in total.